The van der Waals surface area contributed by atoms with Gasteiger partial charge < -0.3 is 19.7 Å². The normalized spacial score (nSPS) is 21.1. The minimum absolute atomic E-state index is 0.0579. The van der Waals surface area contributed by atoms with Crippen LogP contribution in [0.2, 0.25) is 0 Å². The van der Waals surface area contributed by atoms with Crippen molar-refractivity contribution in [3.8, 4) is 17.6 Å². The highest BCUT2D eigenvalue weighted by molar-refractivity contribution is 5.89. The number of carbonyl (C=O) groups excluding carboxylic acids is 1. The van der Waals surface area contributed by atoms with Crippen LogP contribution in [0.15, 0.2) is 78.9 Å². The fourth-order valence-electron chi connectivity index (χ4n) is 5.61. The first kappa shape index (κ1) is 25.8. The predicted octanol–water partition coefficient (Wildman–Crippen LogP) is 5.21. The van der Waals surface area contributed by atoms with Crippen LogP contribution in [-0.4, -0.2) is 68.4 Å². The Bertz CT molecular complexity index is 1270. The van der Waals surface area contributed by atoms with Crippen molar-refractivity contribution in [2.45, 2.75) is 30.8 Å². The number of nitrogens with zero attached hydrogens (tertiary/aromatic N) is 2. The van der Waals surface area contributed by atoms with Gasteiger partial charge in [0.1, 0.15) is 5.75 Å². The maximum Gasteiger partial charge on any atom is 0.321 e. The van der Waals surface area contributed by atoms with Gasteiger partial charge in [-0.05, 0) is 73.5 Å². The number of nitrogens with one attached hydrogen (secondary N) is 1. The number of methoxy groups -OCH3 is 2. The van der Waals surface area contributed by atoms with E-state index in [1.54, 1.807) is 14.2 Å². The first-order chi connectivity index (χ1) is 18.7. The van der Waals surface area contributed by atoms with Gasteiger partial charge in [-0.3, -0.25) is 4.90 Å². The van der Waals surface area contributed by atoms with Crippen molar-refractivity contribution < 1.29 is 14.3 Å². The molecule has 196 valence electrons. The third-order valence-electron chi connectivity index (χ3n) is 7.57. The van der Waals surface area contributed by atoms with E-state index in [4.69, 9.17) is 9.47 Å². The van der Waals surface area contributed by atoms with Gasteiger partial charge in [0.05, 0.1) is 13.7 Å². The van der Waals surface area contributed by atoms with Crippen molar-refractivity contribution in [3.05, 3.63) is 95.6 Å². The van der Waals surface area contributed by atoms with E-state index in [-0.39, 0.29) is 12.1 Å². The summed E-state index contributed by atoms with van der Waals surface area (Å²) in [5.41, 5.74) is 4.04. The fourth-order valence-corrected chi connectivity index (χ4v) is 5.61. The summed E-state index contributed by atoms with van der Waals surface area (Å²) < 4.78 is 10.9. The summed E-state index contributed by atoms with van der Waals surface area (Å²) in [6.07, 6.45) is 2.04. The molecule has 0 aromatic heterocycles. The Morgan fingerprint density at radius 3 is 2.26 bits per heavy atom. The van der Waals surface area contributed by atoms with Crippen LogP contribution >= 0.6 is 0 Å². The summed E-state index contributed by atoms with van der Waals surface area (Å²) in [5.74, 6) is 7.57. The molecule has 2 saturated heterocycles. The van der Waals surface area contributed by atoms with Gasteiger partial charge in [0.2, 0.25) is 0 Å². The molecule has 3 aromatic rings. The van der Waals surface area contributed by atoms with Gasteiger partial charge in [0, 0.05) is 55.0 Å². The molecule has 0 spiro atoms. The zero-order valence-corrected chi connectivity index (χ0v) is 22.1. The standard InChI is InChI=1S/C32H35N3O3/c1-37-23-30-31(26-14-12-25(13-15-26)11-10-24-8-4-3-5-9-24)29-22-34(20-6-7-21-35(29)30)32(36)33-27-16-18-28(38-2)19-17-27/h3-5,8-9,12-19,29-31H,6-7,20-23H2,1-2H3,(H,33,36)/t29-,30+,31+/m0/s1. The fraction of sp³-hybridized carbons (Fsp3) is 0.344. The molecule has 2 amide bonds. The number of anilines is 1. The summed E-state index contributed by atoms with van der Waals surface area (Å²) in [4.78, 5) is 17.8. The third kappa shape index (κ3) is 5.85. The van der Waals surface area contributed by atoms with Gasteiger partial charge in [-0.15, -0.1) is 0 Å². The minimum Gasteiger partial charge on any atom is -0.497 e. The molecule has 3 aromatic carbocycles. The van der Waals surface area contributed by atoms with Gasteiger partial charge in [0.25, 0.3) is 0 Å². The lowest BCUT2D eigenvalue weighted by Gasteiger charge is -2.57. The van der Waals surface area contributed by atoms with E-state index in [1.165, 1.54) is 5.56 Å². The molecule has 1 N–H and O–H groups in total. The van der Waals surface area contributed by atoms with E-state index in [1.807, 2.05) is 59.5 Å². The number of rotatable bonds is 5. The zero-order valence-electron chi connectivity index (χ0n) is 22.1. The molecular formula is C32H35N3O3. The molecule has 0 bridgehead atoms. The molecule has 0 unspecified atom stereocenters. The molecule has 2 aliphatic heterocycles. The molecule has 38 heavy (non-hydrogen) atoms. The number of fused-ring (bicyclic) bond motifs is 1. The molecular weight excluding hydrogens is 474 g/mol. The second kappa shape index (κ2) is 12.2. The lowest BCUT2D eigenvalue weighted by molar-refractivity contribution is -0.0663. The van der Waals surface area contributed by atoms with E-state index >= 15 is 0 Å². The smallest absolute Gasteiger partial charge is 0.321 e. The second-order valence-electron chi connectivity index (χ2n) is 9.90. The number of carbonyl (C=O) groups is 1. The minimum atomic E-state index is -0.0579. The molecule has 2 aliphatic rings. The lowest BCUT2D eigenvalue weighted by Crippen LogP contribution is -2.68. The summed E-state index contributed by atoms with van der Waals surface area (Å²) in [5, 5.41) is 3.07. The highest BCUT2D eigenvalue weighted by Gasteiger charge is 2.49. The molecule has 5 rings (SSSR count). The van der Waals surface area contributed by atoms with Gasteiger partial charge in [-0.25, -0.2) is 4.79 Å². The molecule has 0 aliphatic carbocycles. The van der Waals surface area contributed by atoms with Crippen LogP contribution in [0.4, 0.5) is 10.5 Å². The van der Waals surface area contributed by atoms with Crippen molar-refractivity contribution in [2.24, 2.45) is 0 Å². The van der Waals surface area contributed by atoms with Crippen LogP contribution in [0.5, 0.6) is 5.75 Å². The Balaban J connectivity index is 1.31. The highest BCUT2D eigenvalue weighted by Crippen LogP contribution is 2.42. The number of benzene rings is 3. The average Bonchev–Trinajstić information content (AvgIpc) is 2.94. The van der Waals surface area contributed by atoms with Gasteiger partial charge in [-0.2, -0.15) is 0 Å². The first-order valence-corrected chi connectivity index (χ1v) is 13.3. The SMILES string of the molecule is COC[C@@H]1[C@H](c2ccc(C#Cc3ccccc3)cc2)[C@@H]2CN(C(=O)Nc3ccc(OC)cc3)CCCCN12. The summed E-state index contributed by atoms with van der Waals surface area (Å²) in [6.45, 7) is 3.14. The number of ether oxygens (including phenoxy) is 2. The molecule has 3 atom stereocenters. The van der Waals surface area contributed by atoms with Crippen molar-refractivity contribution >= 4 is 11.7 Å². The van der Waals surface area contributed by atoms with E-state index in [0.717, 1.165) is 48.5 Å². The Labute approximate surface area is 225 Å². The second-order valence-corrected chi connectivity index (χ2v) is 9.90. The summed E-state index contributed by atoms with van der Waals surface area (Å²) in [6, 6.07) is 26.6. The van der Waals surface area contributed by atoms with Crippen molar-refractivity contribution in [3.63, 3.8) is 0 Å². The van der Waals surface area contributed by atoms with Crippen LogP contribution in [0.3, 0.4) is 0 Å². The predicted molar refractivity (Wildman–Crippen MR) is 151 cm³/mol. The molecule has 2 fully saturated rings. The molecule has 6 heteroatoms. The quantitative estimate of drug-likeness (QED) is 0.480. The Hall–Kier alpha value is -3.79. The average molecular weight is 510 g/mol. The molecule has 0 radical (unpaired) electrons. The van der Waals surface area contributed by atoms with Crippen LogP contribution in [0, 0.1) is 11.8 Å². The van der Waals surface area contributed by atoms with Crippen LogP contribution < -0.4 is 10.1 Å². The maximum atomic E-state index is 13.3. The van der Waals surface area contributed by atoms with Gasteiger partial charge >= 0.3 is 6.03 Å². The number of hydrogen-bond donors (Lipinski definition) is 1. The Kier molecular flexibility index (Phi) is 8.28. The van der Waals surface area contributed by atoms with Gasteiger partial charge in [0.15, 0.2) is 0 Å². The number of amides is 2. The summed E-state index contributed by atoms with van der Waals surface area (Å²) >= 11 is 0. The molecule has 0 saturated carbocycles. The van der Waals surface area contributed by atoms with Crippen LogP contribution in [-0.2, 0) is 4.74 Å². The lowest BCUT2D eigenvalue weighted by atomic mass is 9.74. The van der Waals surface area contributed by atoms with Crippen molar-refractivity contribution in [2.75, 3.05) is 45.8 Å². The van der Waals surface area contributed by atoms with Crippen molar-refractivity contribution in [1.29, 1.82) is 0 Å². The Morgan fingerprint density at radius 1 is 0.895 bits per heavy atom. The summed E-state index contributed by atoms with van der Waals surface area (Å²) in [7, 11) is 3.41. The van der Waals surface area contributed by atoms with Crippen LogP contribution in [0.1, 0.15) is 35.4 Å². The molecule has 2 heterocycles. The van der Waals surface area contributed by atoms with Crippen LogP contribution in [0.25, 0.3) is 0 Å². The molecule has 6 nitrogen and oxygen atoms in total. The number of urea groups is 1. The monoisotopic (exact) mass is 509 g/mol. The maximum absolute atomic E-state index is 13.3. The Morgan fingerprint density at radius 2 is 1.58 bits per heavy atom. The van der Waals surface area contributed by atoms with Crippen molar-refractivity contribution in [1.82, 2.24) is 9.80 Å². The highest BCUT2D eigenvalue weighted by atomic mass is 16.5. The van der Waals surface area contributed by atoms with E-state index in [0.29, 0.717) is 25.1 Å². The number of hydrogen-bond acceptors (Lipinski definition) is 4. The van der Waals surface area contributed by atoms with E-state index in [2.05, 4.69) is 46.3 Å². The topological polar surface area (TPSA) is 54.0 Å². The largest absolute Gasteiger partial charge is 0.497 e. The zero-order chi connectivity index (χ0) is 26.3. The first-order valence-electron chi connectivity index (χ1n) is 13.3. The van der Waals surface area contributed by atoms with E-state index in [9.17, 15) is 4.79 Å². The van der Waals surface area contributed by atoms with E-state index < -0.39 is 0 Å². The van der Waals surface area contributed by atoms with Gasteiger partial charge in [-0.1, -0.05) is 42.2 Å². The third-order valence-corrected chi connectivity index (χ3v) is 7.57.